The van der Waals surface area contributed by atoms with E-state index in [-0.39, 0.29) is 10.7 Å². The molecular formula is C13H9BrF3N3S. The summed E-state index contributed by atoms with van der Waals surface area (Å²) in [6, 6.07) is 6.58. The summed E-state index contributed by atoms with van der Waals surface area (Å²) in [5, 5.41) is 2.86. The minimum Gasteiger partial charge on any atom is -0.388 e. The van der Waals surface area contributed by atoms with Gasteiger partial charge in [0.05, 0.1) is 28.8 Å². The zero-order valence-electron chi connectivity index (χ0n) is 10.4. The van der Waals surface area contributed by atoms with E-state index in [1.165, 1.54) is 12.3 Å². The van der Waals surface area contributed by atoms with Gasteiger partial charge in [-0.2, -0.15) is 13.2 Å². The third-order valence-corrected chi connectivity index (χ3v) is 3.49. The molecule has 0 aliphatic heterocycles. The molecule has 8 heteroatoms. The number of nitrogens with two attached hydrogens (primary N) is 1. The van der Waals surface area contributed by atoms with Crippen LogP contribution in [0.1, 0.15) is 11.3 Å². The smallest absolute Gasteiger partial charge is 0.388 e. The van der Waals surface area contributed by atoms with Crippen molar-refractivity contribution in [3.8, 4) is 0 Å². The molecule has 0 amide bonds. The third kappa shape index (κ3) is 3.92. The second-order valence-corrected chi connectivity index (χ2v) is 5.41. The largest absolute Gasteiger partial charge is 0.416 e. The van der Waals surface area contributed by atoms with Crippen LogP contribution in [-0.4, -0.2) is 9.97 Å². The van der Waals surface area contributed by atoms with Gasteiger partial charge in [-0.1, -0.05) is 12.2 Å². The number of thiocarbonyl (C=S) groups is 1. The summed E-state index contributed by atoms with van der Waals surface area (Å²) in [6.07, 6.45) is -2.95. The molecule has 0 atom stereocenters. The highest BCUT2D eigenvalue weighted by molar-refractivity contribution is 9.10. The minimum absolute atomic E-state index is 0.154. The maximum absolute atomic E-state index is 12.7. The van der Waals surface area contributed by atoms with Crippen molar-refractivity contribution in [3.63, 3.8) is 0 Å². The van der Waals surface area contributed by atoms with E-state index in [0.29, 0.717) is 15.9 Å². The molecule has 2 rings (SSSR count). The van der Waals surface area contributed by atoms with E-state index >= 15 is 0 Å². The molecule has 1 heterocycles. The molecule has 0 aliphatic carbocycles. The van der Waals surface area contributed by atoms with Crippen molar-refractivity contribution in [1.82, 2.24) is 4.98 Å². The Morgan fingerprint density at radius 3 is 2.48 bits per heavy atom. The second kappa shape index (κ2) is 5.98. The van der Waals surface area contributed by atoms with Gasteiger partial charge in [0, 0.05) is 4.47 Å². The van der Waals surface area contributed by atoms with E-state index < -0.39 is 11.7 Å². The molecule has 0 aliphatic rings. The van der Waals surface area contributed by atoms with Crippen LogP contribution < -0.4 is 11.1 Å². The summed E-state index contributed by atoms with van der Waals surface area (Å²) in [7, 11) is 0. The lowest BCUT2D eigenvalue weighted by atomic mass is 10.2. The van der Waals surface area contributed by atoms with Crippen LogP contribution in [0.5, 0.6) is 0 Å². The zero-order valence-corrected chi connectivity index (χ0v) is 12.8. The van der Waals surface area contributed by atoms with Gasteiger partial charge in [-0.15, -0.1) is 0 Å². The molecule has 0 saturated carbocycles. The van der Waals surface area contributed by atoms with Crippen molar-refractivity contribution >= 4 is 44.5 Å². The fourth-order valence-corrected chi connectivity index (χ4v) is 2.03. The van der Waals surface area contributed by atoms with Gasteiger partial charge in [0.2, 0.25) is 0 Å². The SMILES string of the molecule is NC(=S)c1ccc(Nc2cc(C(F)(F)F)ccc2Br)cn1. The Hall–Kier alpha value is -1.67. The number of benzene rings is 1. The van der Waals surface area contributed by atoms with Crippen LogP contribution in [0.15, 0.2) is 41.0 Å². The molecule has 3 N–H and O–H groups in total. The summed E-state index contributed by atoms with van der Waals surface area (Å²) in [5.74, 6) is 0. The number of hydrogen-bond donors (Lipinski definition) is 2. The lowest BCUT2D eigenvalue weighted by molar-refractivity contribution is -0.137. The fraction of sp³-hybridized carbons (Fsp3) is 0.0769. The molecule has 21 heavy (non-hydrogen) atoms. The van der Waals surface area contributed by atoms with Gasteiger partial charge in [-0.3, -0.25) is 4.98 Å². The Morgan fingerprint density at radius 1 is 1.24 bits per heavy atom. The number of nitrogens with zero attached hydrogens (tertiary/aromatic N) is 1. The van der Waals surface area contributed by atoms with Crippen molar-refractivity contribution in [2.75, 3.05) is 5.32 Å². The monoisotopic (exact) mass is 375 g/mol. The first-order valence-electron chi connectivity index (χ1n) is 5.67. The summed E-state index contributed by atoms with van der Waals surface area (Å²) < 4.78 is 38.6. The van der Waals surface area contributed by atoms with Gasteiger partial charge in [0.1, 0.15) is 4.99 Å². The minimum atomic E-state index is -4.40. The molecule has 0 fully saturated rings. The second-order valence-electron chi connectivity index (χ2n) is 4.11. The molecule has 110 valence electrons. The van der Waals surface area contributed by atoms with Gasteiger partial charge < -0.3 is 11.1 Å². The highest BCUT2D eigenvalue weighted by Gasteiger charge is 2.30. The Kier molecular flexibility index (Phi) is 4.48. The number of hydrogen-bond acceptors (Lipinski definition) is 3. The van der Waals surface area contributed by atoms with Gasteiger partial charge in [-0.05, 0) is 46.3 Å². The van der Waals surface area contributed by atoms with Crippen molar-refractivity contribution in [3.05, 3.63) is 52.3 Å². The van der Waals surface area contributed by atoms with Crippen molar-refractivity contribution in [2.45, 2.75) is 6.18 Å². The number of pyridine rings is 1. The van der Waals surface area contributed by atoms with Crippen LogP contribution >= 0.6 is 28.1 Å². The number of rotatable bonds is 3. The number of halogens is 4. The Balaban J connectivity index is 2.28. The Labute approximate surface area is 132 Å². The first-order valence-corrected chi connectivity index (χ1v) is 6.87. The van der Waals surface area contributed by atoms with E-state index in [1.54, 1.807) is 12.1 Å². The standard InChI is InChI=1S/C13H9BrF3N3S/c14-9-3-1-7(13(15,16)17)5-11(9)20-8-2-4-10(12(18)21)19-6-8/h1-6,20H,(H2,18,21). The average Bonchev–Trinajstić information content (AvgIpc) is 2.40. The first-order chi connectivity index (χ1) is 9.77. The quantitative estimate of drug-likeness (QED) is 0.787. The zero-order chi connectivity index (χ0) is 15.6. The molecule has 3 nitrogen and oxygen atoms in total. The lowest BCUT2D eigenvalue weighted by Crippen LogP contribution is -2.11. The van der Waals surface area contributed by atoms with Crippen molar-refractivity contribution in [2.24, 2.45) is 5.73 Å². The summed E-state index contributed by atoms with van der Waals surface area (Å²) in [6.45, 7) is 0. The van der Waals surface area contributed by atoms with E-state index in [0.717, 1.165) is 12.1 Å². The van der Waals surface area contributed by atoms with E-state index in [4.69, 9.17) is 18.0 Å². The van der Waals surface area contributed by atoms with Crippen molar-refractivity contribution in [1.29, 1.82) is 0 Å². The van der Waals surface area contributed by atoms with Crippen molar-refractivity contribution < 1.29 is 13.2 Å². The molecule has 0 saturated heterocycles. The topological polar surface area (TPSA) is 50.9 Å². The van der Waals surface area contributed by atoms with Gasteiger partial charge in [0.25, 0.3) is 0 Å². The van der Waals surface area contributed by atoms with Crippen LogP contribution in [-0.2, 0) is 6.18 Å². The molecule has 0 radical (unpaired) electrons. The molecule has 2 aromatic rings. The van der Waals surface area contributed by atoms with Crippen LogP contribution in [0.2, 0.25) is 0 Å². The molecule has 1 aromatic heterocycles. The first kappa shape index (κ1) is 15.7. The summed E-state index contributed by atoms with van der Waals surface area (Å²) in [5.41, 5.74) is 5.94. The van der Waals surface area contributed by atoms with Crippen LogP contribution in [0.4, 0.5) is 24.5 Å². The highest BCUT2D eigenvalue weighted by Crippen LogP contribution is 2.34. The van der Waals surface area contributed by atoms with E-state index in [9.17, 15) is 13.2 Å². The maximum atomic E-state index is 12.7. The Morgan fingerprint density at radius 2 is 1.95 bits per heavy atom. The van der Waals surface area contributed by atoms with Gasteiger partial charge in [0.15, 0.2) is 0 Å². The number of anilines is 2. The average molecular weight is 376 g/mol. The summed E-state index contributed by atoms with van der Waals surface area (Å²) >= 11 is 7.98. The number of alkyl halides is 3. The highest BCUT2D eigenvalue weighted by atomic mass is 79.9. The lowest BCUT2D eigenvalue weighted by Gasteiger charge is -2.12. The fourth-order valence-electron chi connectivity index (χ4n) is 1.57. The predicted molar refractivity (Wildman–Crippen MR) is 82.6 cm³/mol. The van der Waals surface area contributed by atoms with Gasteiger partial charge in [-0.25, -0.2) is 0 Å². The van der Waals surface area contributed by atoms with Gasteiger partial charge >= 0.3 is 6.18 Å². The van der Waals surface area contributed by atoms with E-state index in [2.05, 4.69) is 26.2 Å². The molecule has 0 bridgehead atoms. The van der Waals surface area contributed by atoms with Crippen LogP contribution in [0.25, 0.3) is 0 Å². The number of nitrogens with one attached hydrogen (secondary N) is 1. The Bertz CT molecular complexity index is 671. The third-order valence-electron chi connectivity index (χ3n) is 2.59. The maximum Gasteiger partial charge on any atom is 0.416 e. The van der Waals surface area contributed by atoms with Crippen LogP contribution in [0, 0.1) is 0 Å². The van der Waals surface area contributed by atoms with E-state index in [1.807, 2.05) is 0 Å². The molecular weight excluding hydrogens is 367 g/mol. The van der Waals surface area contributed by atoms with Crippen LogP contribution in [0.3, 0.4) is 0 Å². The molecule has 0 spiro atoms. The summed E-state index contributed by atoms with van der Waals surface area (Å²) in [4.78, 5) is 4.16. The molecule has 0 unspecified atom stereocenters. The predicted octanol–water partition coefficient (Wildman–Crippen LogP) is 4.24. The molecule has 1 aromatic carbocycles. The number of aromatic nitrogens is 1. The normalized spacial score (nSPS) is 11.2.